The smallest absolute Gasteiger partial charge is 0.459 e. The van der Waals surface area contributed by atoms with Gasteiger partial charge in [-0.05, 0) is 31.4 Å². The molecule has 0 aliphatic rings. The molecule has 0 fully saturated rings. The van der Waals surface area contributed by atoms with Gasteiger partial charge in [-0.2, -0.15) is 5.09 Å². The summed E-state index contributed by atoms with van der Waals surface area (Å²) in [6.45, 7) is 7.52. The van der Waals surface area contributed by atoms with E-state index in [4.69, 9.17) is 13.8 Å². The number of benzene rings is 1. The lowest BCUT2D eigenvalue weighted by Crippen LogP contribution is -2.43. The molecule has 2 N–H and O–H groups in total. The Labute approximate surface area is 171 Å². The Morgan fingerprint density at radius 2 is 1.79 bits per heavy atom. The average Bonchev–Trinajstić information content (AvgIpc) is 2.64. The van der Waals surface area contributed by atoms with Gasteiger partial charge in [-0.3, -0.25) is 9.32 Å². The van der Waals surface area contributed by atoms with Gasteiger partial charge in [0.05, 0.1) is 6.61 Å². The van der Waals surface area contributed by atoms with Gasteiger partial charge in [-0.15, -0.1) is 0 Å². The maximum atomic E-state index is 14.6. The van der Waals surface area contributed by atoms with Crippen molar-refractivity contribution in [1.82, 2.24) is 5.09 Å². The number of aliphatic hydroxyl groups is 1. The largest absolute Gasteiger partial charge is 0.464 e. The van der Waals surface area contributed by atoms with Gasteiger partial charge < -0.3 is 19.1 Å². The highest BCUT2D eigenvalue weighted by Crippen LogP contribution is 2.46. The van der Waals surface area contributed by atoms with E-state index in [0.29, 0.717) is 0 Å². The molecule has 166 valence electrons. The Morgan fingerprint density at radius 1 is 1.21 bits per heavy atom. The van der Waals surface area contributed by atoms with Gasteiger partial charge in [0.2, 0.25) is 0 Å². The molecule has 0 spiro atoms. The number of alkyl halides is 1. The van der Waals surface area contributed by atoms with Crippen LogP contribution in [0.25, 0.3) is 0 Å². The van der Waals surface area contributed by atoms with Gasteiger partial charge >= 0.3 is 13.7 Å². The highest BCUT2D eigenvalue weighted by molar-refractivity contribution is 7.52. The fourth-order valence-corrected chi connectivity index (χ4v) is 3.44. The molecule has 10 heteroatoms. The number of esters is 1. The van der Waals surface area contributed by atoms with Crippen molar-refractivity contribution >= 4 is 13.7 Å². The number of rotatable bonds is 11. The number of hydrogen-bond donors (Lipinski definition) is 2. The van der Waals surface area contributed by atoms with Gasteiger partial charge in [0.15, 0.2) is 0 Å². The second-order valence-corrected chi connectivity index (χ2v) is 9.55. The van der Waals surface area contributed by atoms with Gasteiger partial charge in [-0.25, -0.2) is 8.96 Å². The van der Waals surface area contributed by atoms with E-state index < -0.39 is 38.3 Å². The molecule has 1 aromatic carbocycles. The normalized spacial score (nSPS) is 18.2. The fourth-order valence-electron chi connectivity index (χ4n) is 1.94. The zero-order valence-corrected chi connectivity index (χ0v) is 18.6. The number of halogens is 1. The average molecular weight is 435 g/mol. The number of ether oxygens (including phenoxy) is 2. The molecule has 29 heavy (non-hydrogen) atoms. The zero-order valence-electron chi connectivity index (χ0n) is 17.7. The number of nitrogens with one attached hydrogen (secondary N) is 1. The number of para-hydroxylation sites is 1. The van der Waals surface area contributed by atoms with Crippen molar-refractivity contribution in [2.75, 3.05) is 20.3 Å². The summed E-state index contributed by atoms with van der Waals surface area (Å²) in [5.41, 5.74) is -0.250. The fraction of sp³-hybridized carbons (Fsp3) is 0.632. The minimum atomic E-state index is -4.25. The zero-order chi connectivity index (χ0) is 22.3. The number of carbonyl (C=O) groups excluding carboxylic acids is 1. The van der Waals surface area contributed by atoms with E-state index in [2.05, 4.69) is 9.82 Å². The van der Waals surface area contributed by atoms with E-state index >= 15 is 0 Å². The summed E-state index contributed by atoms with van der Waals surface area (Å²) in [5.74, 6) is -3.11. The van der Waals surface area contributed by atoms with Crippen LogP contribution in [-0.4, -0.2) is 49.4 Å². The number of hydrogen-bond acceptors (Lipinski definition) is 7. The van der Waals surface area contributed by atoms with Crippen LogP contribution in [0.4, 0.5) is 4.39 Å². The first-order valence-corrected chi connectivity index (χ1v) is 10.7. The third-order valence-corrected chi connectivity index (χ3v) is 5.34. The molecule has 0 aliphatic carbocycles. The number of methoxy groups -OCH3 is 1. The van der Waals surface area contributed by atoms with E-state index in [1.165, 1.54) is 19.1 Å². The SMILES string of the molecule is COC(F)(COP(=O)(NC(C)C(=O)OCC(C)(C)C)Oc1ccccc1)[C@H](C)O. The summed E-state index contributed by atoms with van der Waals surface area (Å²) in [7, 11) is -3.21. The lowest BCUT2D eigenvalue weighted by Gasteiger charge is -2.29. The lowest BCUT2D eigenvalue weighted by molar-refractivity contribution is -0.202. The van der Waals surface area contributed by atoms with Gasteiger partial charge in [-0.1, -0.05) is 39.0 Å². The van der Waals surface area contributed by atoms with Crippen molar-refractivity contribution in [2.24, 2.45) is 5.41 Å². The van der Waals surface area contributed by atoms with Crippen LogP contribution in [0.2, 0.25) is 0 Å². The second-order valence-electron chi connectivity index (χ2n) is 7.86. The topological polar surface area (TPSA) is 103 Å². The molecule has 0 aliphatic heterocycles. The minimum absolute atomic E-state index is 0.155. The minimum Gasteiger partial charge on any atom is -0.464 e. The first kappa shape index (κ1) is 25.5. The van der Waals surface area contributed by atoms with Crippen molar-refractivity contribution in [3.05, 3.63) is 30.3 Å². The lowest BCUT2D eigenvalue weighted by atomic mass is 9.99. The Kier molecular flexibility index (Phi) is 9.24. The molecule has 0 heterocycles. The standard InChI is InChI=1S/C19H31FNO7P/c1-14(17(23)26-12-18(3,4)5)21-29(24,28-16-10-8-7-9-11-16)27-13-19(20,25-6)15(2)22/h7-11,14-15,22H,12-13H2,1-6H3,(H,21,24)/t14?,15-,19?,29?/m0/s1. The van der Waals surface area contributed by atoms with Crippen LogP contribution in [0, 0.1) is 5.41 Å². The summed E-state index contributed by atoms with van der Waals surface area (Å²) < 4.78 is 48.2. The van der Waals surface area contributed by atoms with Crippen LogP contribution in [-0.2, 0) is 23.4 Å². The van der Waals surface area contributed by atoms with Crippen LogP contribution >= 0.6 is 7.75 Å². The molecule has 3 unspecified atom stereocenters. The Balaban J connectivity index is 2.95. The summed E-state index contributed by atoms with van der Waals surface area (Å²) in [6, 6.07) is 6.98. The molecule has 0 aromatic heterocycles. The van der Waals surface area contributed by atoms with Crippen LogP contribution in [0.5, 0.6) is 5.75 Å². The van der Waals surface area contributed by atoms with Crippen molar-refractivity contribution in [3.8, 4) is 5.75 Å². The summed E-state index contributed by atoms with van der Waals surface area (Å²) in [5, 5.41) is 12.0. The van der Waals surface area contributed by atoms with Gasteiger partial charge in [0, 0.05) is 7.11 Å². The maximum absolute atomic E-state index is 14.6. The quantitative estimate of drug-likeness (QED) is 0.402. The molecule has 0 saturated carbocycles. The van der Waals surface area contributed by atoms with E-state index in [0.717, 1.165) is 14.0 Å². The summed E-state index contributed by atoms with van der Waals surface area (Å²) in [6.07, 6.45) is -1.56. The molecule has 1 aromatic rings. The highest BCUT2D eigenvalue weighted by Gasteiger charge is 2.41. The molecular formula is C19H31FNO7P. The predicted octanol–water partition coefficient (Wildman–Crippen LogP) is 3.45. The molecule has 0 amide bonds. The molecule has 4 atom stereocenters. The van der Waals surface area contributed by atoms with Crippen molar-refractivity contribution in [1.29, 1.82) is 0 Å². The van der Waals surface area contributed by atoms with E-state index in [-0.39, 0.29) is 17.8 Å². The molecular weight excluding hydrogens is 404 g/mol. The second kappa shape index (κ2) is 10.5. The molecule has 1 rings (SSSR count). The van der Waals surface area contributed by atoms with Crippen LogP contribution in [0.1, 0.15) is 34.6 Å². The van der Waals surface area contributed by atoms with E-state index in [1.54, 1.807) is 18.2 Å². The van der Waals surface area contributed by atoms with E-state index in [9.17, 15) is 18.9 Å². The van der Waals surface area contributed by atoms with Gasteiger partial charge in [0.25, 0.3) is 5.85 Å². The van der Waals surface area contributed by atoms with Crippen molar-refractivity contribution in [3.63, 3.8) is 0 Å². The highest BCUT2D eigenvalue weighted by atomic mass is 31.2. The maximum Gasteiger partial charge on any atom is 0.459 e. The monoisotopic (exact) mass is 435 g/mol. The number of carbonyl (C=O) groups is 1. The van der Waals surface area contributed by atoms with Crippen molar-refractivity contribution in [2.45, 2.75) is 52.6 Å². The Bertz CT molecular complexity index is 696. The molecule has 0 saturated heterocycles. The molecule has 0 radical (unpaired) electrons. The van der Waals surface area contributed by atoms with Crippen LogP contribution < -0.4 is 9.61 Å². The predicted molar refractivity (Wildman–Crippen MR) is 106 cm³/mol. The summed E-state index contributed by atoms with van der Waals surface area (Å²) in [4.78, 5) is 12.2. The third-order valence-electron chi connectivity index (χ3n) is 3.72. The first-order chi connectivity index (χ1) is 13.3. The van der Waals surface area contributed by atoms with Crippen LogP contribution in [0.3, 0.4) is 0 Å². The number of aliphatic hydroxyl groups excluding tert-OH is 1. The van der Waals surface area contributed by atoms with E-state index in [1.807, 2.05) is 20.8 Å². The van der Waals surface area contributed by atoms with Crippen LogP contribution in [0.15, 0.2) is 30.3 Å². The van der Waals surface area contributed by atoms with Gasteiger partial charge in [0.1, 0.15) is 24.5 Å². The third kappa shape index (κ3) is 8.80. The Morgan fingerprint density at radius 3 is 2.28 bits per heavy atom. The van der Waals surface area contributed by atoms with Crippen molar-refractivity contribution < 1.29 is 37.4 Å². The molecule has 0 bridgehead atoms. The summed E-state index contributed by atoms with van der Waals surface area (Å²) >= 11 is 0. The molecule has 8 nitrogen and oxygen atoms in total. The Hall–Kier alpha value is -1.51. The first-order valence-electron chi connectivity index (χ1n) is 9.16.